The highest BCUT2D eigenvalue weighted by Crippen LogP contribution is 2.26. The minimum absolute atomic E-state index is 0.0369. The summed E-state index contributed by atoms with van der Waals surface area (Å²) in [4.78, 5) is 4.55. The summed E-state index contributed by atoms with van der Waals surface area (Å²) in [5.41, 5.74) is 2.02. The van der Waals surface area contributed by atoms with Crippen molar-refractivity contribution in [2.75, 3.05) is 13.7 Å². The van der Waals surface area contributed by atoms with Crippen LogP contribution in [0.1, 0.15) is 18.3 Å². The maximum absolute atomic E-state index is 9.17. The van der Waals surface area contributed by atoms with Crippen LogP contribution in [0.3, 0.4) is 0 Å². The molecular formula is C16H21N3O2. The van der Waals surface area contributed by atoms with Crippen molar-refractivity contribution in [2.24, 2.45) is 0 Å². The van der Waals surface area contributed by atoms with E-state index in [0.29, 0.717) is 6.54 Å². The molecule has 0 aliphatic heterocycles. The molecule has 0 aliphatic rings. The predicted molar refractivity (Wildman–Crippen MR) is 82.4 cm³/mol. The van der Waals surface area contributed by atoms with Crippen LogP contribution in [-0.2, 0) is 19.4 Å². The summed E-state index contributed by atoms with van der Waals surface area (Å²) in [6, 6.07) is 5.93. The molecule has 0 fully saturated rings. The molecule has 21 heavy (non-hydrogen) atoms. The van der Waals surface area contributed by atoms with Gasteiger partial charge in [0.15, 0.2) is 11.6 Å². The van der Waals surface area contributed by atoms with E-state index >= 15 is 0 Å². The summed E-state index contributed by atoms with van der Waals surface area (Å²) in [6.07, 6.45) is 3.34. The molecule has 0 amide bonds. The second-order valence-corrected chi connectivity index (χ2v) is 4.67. The highest BCUT2D eigenvalue weighted by atomic mass is 16.5. The zero-order chi connectivity index (χ0) is 15.2. The van der Waals surface area contributed by atoms with Crippen molar-refractivity contribution >= 4 is 0 Å². The fraction of sp³-hybridized carbons (Fsp3) is 0.375. The minimum atomic E-state index is 0.0369. The van der Waals surface area contributed by atoms with Crippen LogP contribution in [0.15, 0.2) is 30.9 Å². The Morgan fingerprint density at radius 1 is 1.43 bits per heavy atom. The van der Waals surface area contributed by atoms with E-state index in [1.165, 1.54) is 0 Å². The third kappa shape index (κ3) is 3.31. The summed E-state index contributed by atoms with van der Waals surface area (Å²) in [6.45, 7) is 6.26. The number of aromatic nitrogens is 3. The van der Waals surface area contributed by atoms with Crippen molar-refractivity contribution in [2.45, 2.75) is 26.3 Å². The van der Waals surface area contributed by atoms with Crippen LogP contribution >= 0.6 is 0 Å². The van der Waals surface area contributed by atoms with Crippen LogP contribution in [0.5, 0.6) is 5.75 Å². The molecule has 1 N–H and O–H groups in total. The van der Waals surface area contributed by atoms with E-state index in [0.717, 1.165) is 41.4 Å². The monoisotopic (exact) mass is 287 g/mol. The summed E-state index contributed by atoms with van der Waals surface area (Å²) < 4.78 is 7.11. The molecule has 2 aromatic rings. The fourth-order valence-electron chi connectivity index (χ4n) is 2.24. The van der Waals surface area contributed by atoms with Gasteiger partial charge < -0.3 is 9.84 Å². The van der Waals surface area contributed by atoms with Crippen LogP contribution in [0.4, 0.5) is 0 Å². The van der Waals surface area contributed by atoms with Gasteiger partial charge in [0.2, 0.25) is 0 Å². The smallest absolute Gasteiger partial charge is 0.158 e. The van der Waals surface area contributed by atoms with E-state index in [9.17, 15) is 5.11 Å². The first kappa shape index (κ1) is 15.3. The molecule has 1 heterocycles. The molecule has 0 bridgehead atoms. The zero-order valence-corrected chi connectivity index (χ0v) is 12.5. The van der Waals surface area contributed by atoms with Crippen LogP contribution in [-0.4, -0.2) is 33.6 Å². The van der Waals surface area contributed by atoms with Gasteiger partial charge in [-0.3, -0.25) is 0 Å². The molecule has 0 radical (unpaired) electrons. The van der Waals surface area contributed by atoms with Gasteiger partial charge in [0, 0.05) is 12.0 Å². The van der Waals surface area contributed by atoms with Gasteiger partial charge in [0.25, 0.3) is 0 Å². The van der Waals surface area contributed by atoms with Crippen LogP contribution in [0, 0.1) is 0 Å². The highest BCUT2D eigenvalue weighted by molar-refractivity contribution is 5.59. The number of aliphatic hydroxyl groups is 1. The van der Waals surface area contributed by atoms with Crippen molar-refractivity contribution in [3.05, 3.63) is 42.2 Å². The first-order valence-corrected chi connectivity index (χ1v) is 7.06. The van der Waals surface area contributed by atoms with Gasteiger partial charge in [-0.05, 0) is 30.2 Å². The molecule has 0 atom stereocenters. The lowest BCUT2D eigenvalue weighted by Gasteiger charge is -2.10. The number of nitrogens with zero attached hydrogens (tertiary/aromatic N) is 3. The molecule has 112 valence electrons. The number of benzene rings is 1. The lowest BCUT2D eigenvalue weighted by Crippen LogP contribution is -2.06. The molecule has 1 aromatic carbocycles. The molecule has 0 saturated carbocycles. The highest BCUT2D eigenvalue weighted by Gasteiger charge is 2.13. The number of rotatable bonds is 7. The van der Waals surface area contributed by atoms with Gasteiger partial charge >= 0.3 is 0 Å². The van der Waals surface area contributed by atoms with Crippen molar-refractivity contribution in [1.29, 1.82) is 0 Å². The maximum Gasteiger partial charge on any atom is 0.158 e. The van der Waals surface area contributed by atoms with E-state index in [2.05, 4.69) is 16.7 Å². The molecule has 5 heteroatoms. The van der Waals surface area contributed by atoms with Gasteiger partial charge in [-0.2, -0.15) is 5.10 Å². The molecular weight excluding hydrogens is 266 g/mol. The van der Waals surface area contributed by atoms with Crippen LogP contribution < -0.4 is 4.74 Å². The second-order valence-electron chi connectivity index (χ2n) is 4.67. The van der Waals surface area contributed by atoms with Gasteiger partial charge in [0.05, 0.1) is 20.3 Å². The Hall–Kier alpha value is -2.14. The zero-order valence-electron chi connectivity index (χ0n) is 12.5. The van der Waals surface area contributed by atoms with E-state index in [1.54, 1.807) is 11.8 Å². The van der Waals surface area contributed by atoms with E-state index in [1.807, 2.05) is 31.2 Å². The van der Waals surface area contributed by atoms with E-state index < -0.39 is 0 Å². The normalized spacial score (nSPS) is 10.6. The number of hydrogen-bond acceptors (Lipinski definition) is 4. The topological polar surface area (TPSA) is 60.2 Å². The lowest BCUT2D eigenvalue weighted by atomic mass is 10.1. The van der Waals surface area contributed by atoms with Gasteiger partial charge in [0.1, 0.15) is 5.75 Å². The third-order valence-electron chi connectivity index (χ3n) is 3.25. The molecule has 0 unspecified atom stereocenters. The number of ether oxygens (including phenoxy) is 1. The fourth-order valence-corrected chi connectivity index (χ4v) is 2.24. The number of aliphatic hydroxyl groups excluding tert-OH is 1. The first-order chi connectivity index (χ1) is 10.2. The van der Waals surface area contributed by atoms with E-state index in [-0.39, 0.29) is 6.61 Å². The average molecular weight is 287 g/mol. The molecule has 0 spiro atoms. The van der Waals surface area contributed by atoms with Gasteiger partial charge in [-0.1, -0.05) is 13.0 Å². The largest absolute Gasteiger partial charge is 0.496 e. The number of hydrogen-bond donors (Lipinski definition) is 1. The third-order valence-corrected chi connectivity index (χ3v) is 3.25. The Labute approximate surface area is 124 Å². The molecule has 0 aliphatic carbocycles. The Balaban J connectivity index is 2.47. The molecule has 0 saturated heterocycles. The van der Waals surface area contributed by atoms with Gasteiger partial charge in [-0.15, -0.1) is 6.58 Å². The van der Waals surface area contributed by atoms with Crippen molar-refractivity contribution < 1.29 is 9.84 Å². The summed E-state index contributed by atoms with van der Waals surface area (Å²) in [7, 11) is 1.66. The van der Waals surface area contributed by atoms with Crippen LogP contribution in [0.25, 0.3) is 11.4 Å². The summed E-state index contributed by atoms with van der Waals surface area (Å²) in [5.74, 6) is 2.39. The Kier molecular flexibility index (Phi) is 5.11. The Bertz CT molecular complexity index is 620. The summed E-state index contributed by atoms with van der Waals surface area (Å²) in [5, 5.41) is 13.6. The number of allylic oxidation sites excluding steroid dienone is 1. The molecule has 5 nitrogen and oxygen atoms in total. The number of methoxy groups -OCH3 is 1. The lowest BCUT2D eigenvalue weighted by molar-refractivity contribution is 0.270. The predicted octanol–water partition coefficient (Wildman–Crippen LogP) is 2.24. The Morgan fingerprint density at radius 2 is 2.24 bits per heavy atom. The van der Waals surface area contributed by atoms with Crippen molar-refractivity contribution in [3.63, 3.8) is 0 Å². The quantitative estimate of drug-likeness (QED) is 0.793. The van der Waals surface area contributed by atoms with Gasteiger partial charge in [-0.25, -0.2) is 9.67 Å². The molecule has 1 aromatic heterocycles. The average Bonchev–Trinajstić information content (AvgIpc) is 2.91. The first-order valence-electron chi connectivity index (χ1n) is 7.06. The second kappa shape index (κ2) is 7.04. The van der Waals surface area contributed by atoms with Crippen molar-refractivity contribution in [1.82, 2.24) is 14.8 Å². The van der Waals surface area contributed by atoms with E-state index in [4.69, 9.17) is 4.74 Å². The van der Waals surface area contributed by atoms with Crippen LogP contribution in [0.2, 0.25) is 0 Å². The summed E-state index contributed by atoms with van der Waals surface area (Å²) >= 11 is 0. The Morgan fingerprint density at radius 3 is 2.86 bits per heavy atom. The molecule has 2 rings (SSSR count). The minimum Gasteiger partial charge on any atom is -0.496 e. The maximum atomic E-state index is 9.17. The number of aryl methyl sites for hydroxylation is 1. The SMILES string of the molecule is C=CCc1cc(-c2nc(CC)nn2CCO)ccc1OC. The standard InChI is InChI=1S/C16H21N3O2/c1-4-6-12-11-13(7-8-14(12)21-3)16-17-15(5-2)18-19(16)9-10-20/h4,7-8,11,20H,1,5-6,9-10H2,2-3H3. The van der Waals surface area contributed by atoms with Crippen molar-refractivity contribution in [3.8, 4) is 17.1 Å².